The van der Waals surface area contributed by atoms with E-state index < -0.39 is 0 Å². The summed E-state index contributed by atoms with van der Waals surface area (Å²) in [4.78, 5) is 33.0. The first kappa shape index (κ1) is 20.4. The molecule has 0 radical (unpaired) electrons. The van der Waals surface area contributed by atoms with Gasteiger partial charge < -0.3 is 9.88 Å². The number of Topliss-reactive ketones (excluding diaryl/α,β-unsaturated/α-hetero) is 1. The van der Waals surface area contributed by atoms with Crippen LogP contribution in [0.25, 0.3) is 10.9 Å². The number of fused-ring (bicyclic) bond motifs is 1. The van der Waals surface area contributed by atoms with Gasteiger partial charge in [0.15, 0.2) is 5.78 Å². The Hall–Kier alpha value is -2.92. The molecule has 0 unspecified atom stereocenters. The molecule has 1 atom stereocenters. The molecule has 1 saturated heterocycles. The maximum absolute atomic E-state index is 13.5. The standard InChI is InChI=1S/C25H29N3O2/c1-16-5-7-20(8-6-16)15-27-11-12-28(17(2)14-27)25(30)24-18(3)26-23-10-9-21(19(4)29)13-22(23)24/h5-10,13,17,26H,11-12,14-15H2,1-4H3/t17-/m1/s1. The van der Waals surface area contributed by atoms with Gasteiger partial charge in [0.05, 0.1) is 5.56 Å². The minimum atomic E-state index is 0.00670. The first-order valence-corrected chi connectivity index (χ1v) is 10.6. The van der Waals surface area contributed by atoms with Gasteiger partial charge in [0, 0.05) is 54.4 Å². The number of hydrogen-bond acceptors (Lipinski definition) is 3. The highest BCUT2D eigenvalue weighted by Gasteiger charge is 2.30. The first-order chi connectivity index (χ1) is 14.3. The molecule has 0 aliphatic carbocycles. The van der Waals surface area contributed by atoms with E-state index in [4.69, 9.17) is 0 Å². The summed E-state index contributed by atoms with van der Waals surface area (Å²) in [7, 11) is 0. The van der Waals surface area contributed by atoms with E-state index in [9.17, 15) is 9.59 Å². The molecule has 1 aliphatic rings. The number of carbonyl (C=O) groups excluding carboxylic acids is 2. The largest absolute Gasteiger partial charge is 0.358 e. The van der Waals surface area contributed by atoms with Crippen LogP contribution in [0.3, 0.4) is 0 Å². The number of aryl methyl sites for hydroxylation is 2. The number of hydrogen-bond donors (Lipinski definition) is 1. The summed E-state index contributed by atoms with van der Waals surface area (Å²) in [5.74, 6) is 0.0502. The fraction of sp³-hybridized carbons (Fsp3) is 0.360. The first-order valence-electron chi connectivity index (χ1n) is 10.6. The van der Waals surface area contributed by atoms with Crippen LogP contribution >= 0.6 is 0 Å². The van der Waals surface area contributed by atoms with Gasteiger partial charge in [0.25, 0.3) is 5.91 Å². The minimum Gasteiger partial charge on any atom is -0.358 e. The Morgan fingerprint density at radius 1 is 1.07 bits per heavy atom. The molecule has 0 bridgehead atoms. The van der Waals surface area contributed by atoms with Gasteiger partial charge in [-0.2, -0.15) is 0 Å². The summed E-state index contributed by atoms with van der Waals surface area (Å²) in [5.41, 5.74) is 5.64. The van der Waals surface area contributed by atoms with Crippen molar-refractivity contribution in [3.05, 3.63) is 70.4 Å². The second kappa shape index (κ2) is 8.07. The number of amides is 1. The van der Waals surface area contributed by atoms with Crippen molar-refractivity contribution in [3.63, 3.8) is 0 Å². The molecule has 1 fully saturated rings. The predicted molar refractivity (Wildman–Crippen MR) is 120 cm³/mol. The van der Waals surface area contributed by atoms with Crippen molar-refractivity contribution < 1.29 is 9.59 Å². The van der Waals surface area contributed by atoms with Gasteiger partial charge in [-0.05, 0) is 51.5 Å². The highest BCUT2D eigenvalue weighted by atomic mass is 16.2. The molecular weight excluding hydrogens is 374 g/mol. The molecule has 5 nitrogen and oxygen atoms in total. The molecule has 1 amide bonds. The lowest BCUT2D eigenvalue weighted by atomic mass is 10.0. The highest BCUT2D eigenvalue weighted by molar-refractivity contribution is 6.10. The van der Waals surface area contributed by atoms with E-state index in [1.807, 2.05) is 24.0 Å². The van der Waals surface area contributed by atoms with Crippen molar-refractivity contribution >= 4 is 22.6 Å². The fourth-order valence-electron chi connectivity index (χ4n) is 4.39. The number of nitrogens with one attached hydrogen (secondary N) is 1. The number of aromatic nitrogens is 1. The molecular formula is C25H29N3O2. The molecule has 1 aromatic heterocycles. The van der Waals surface area contributed by atoms with Crippen LogP contribution in [0.2, 0.25) is 0 Å². The summed E-state index contributed by atoms with van der Waals surface area (Å²) in [6.45, 7) is 11.0. The van der Waals surface area contributed by atoms with Crippen LogP contribution < -0.4 is 0 Å². The number of benzene rings is 2. The summed E-state index contributed by atoms with van der Waals surface area (Å²) in [5, 5.41) is 0.833. The van der Waals surface area contributed by atoms with Crippen LogP contribution in [-0.4, -0.2) is 52.2 Å². The Kier molecular flexibility index (Phi) is 5.48. The van der Waals surface area contributed by atoms with Crippen LogP contribution in [0.1, 0.15) is 51.4 Å². The highest BCUT2D eigenvalue weighted by Crippen LogP contribution is 2.27. The van der Waals surface area contributed by atoms with E-state index in [2.05, 4.69) is 48.0 Å². The Labute approximate surface area is 177 Å². The molecule has 0 spiro atoms. The summed E-state index contributed by atoms with van der Waals surface area (Å²) >= 11 is 0. The summed E-state index contributed by atoms with van der Waals surface area (Å²) in [6.07, 6.45) is 0. The topological polar surface area (TPSA) is 56.4 Å². The van der Waals surface area contributed by atoms with Gasteiger partial charge in [-0.15, -0.1) is 0 Å². The van der Waals surface area contributed by atoms with E-state index in [1.165, 1.54) is 11.1 Å². The molecule has 30 heavy (non-hydrogen) atoms. The molecule has 4 rings (SSSR count). The second-order valence-corrected chi connectivity index (χ2v) is 8.51. The minimum absolute atomic E-state index is 0.00670. The third kappa shape index (κ3) is 3.90. The number of carbonyl (C=O) groups is 2. The van der Waals surface area contributed by atoms with E-state index in [-0.39, 0.29) is 17.7 Å². The van der Waals surface area contributed by atoms with Gasteiger partial charge in [-0.1, -0.05) is 29.8 Å². The molecule has 1 N–H and O–H groups in total. The fourth-order valence-corrected chi connectivity index (χ4v) is 4.39. The molecule has 156 valence electrons. The monoisotopic (exact) mass is 403 g/mol. The predicted octanol–water partition coefficient (Wildman–Crippen LogP) is 4.33. The van der Waals surface area contributed by atoms with Crippen LogP contribution in [0.4, 0.5) is 0 Å². The lowest BCUT2D eigenvalue weighted by molar-refractivity contribution is 0.0476. The Morgan fingerprint density at radius 3 is 2.47 bits per heavy atom. The quantitative estimate of drug-likeness (QED) is 0.660. The number of nitrogens with zero attached hydrogens (tertiary/aromatic N) is 2. The van der Waals surface area contributed by atoms with E-state index in [0.29, 0.717) is 17.7 Å². The molecule has 5 heteroatoms. The summed E-state index contributed by atoms with van der Waals surface area (Å²) < 4.78 is 0. The second-order valence-electron chi connectivity index (χ2n) is 8.51. The zero-order valence-electron chi connectivity index (χ0n) is 18.2. The average molecular weight is 404 g/mol. The number of aromatic amines is 1. The van der Waals surface area contributed by atoms with Gasteiger partial charge in [0.1, 0.15) is 0 Å². The van der Waals surface area contributed by atoms with Crippen molar-refractivity contribution in [1.82, 2.24) is 14.8 Å². The Morgan fingerprint density at radius 2 is 1.80 bits per heavy atom. The average Bonchev–Trinajstić information content (AvgIpc) is 3.04. The molecule has 2 heterocycles. The van der Waals surface area contributed by atoms with Crippen LogP contribution in [0.5, 0.6) is 0 Å². The molecule has 1 aliphatic heterocycles. The third-order valence-electron chi connectivity index (χ3n) is 6.11. The number of ketones is 1. The zero-order valence-corrected chi connectivity index (χ0v) is 18.2. The Bertz CT molecular complexity index is 1100. The van der Waals surface area contributed by atoms with Gasteiger partial charge in [-0.3, -0.25) is 14.5 Å². The number of piperazine rings is 1. The van der Waals surface area contributed by atoms with Crippen molar-refractivity contribution in [2.45, 2.75) is 40.3 Å². The van der Waals surface area contributed by atoms with E-state index in [0.717, 1.165) is 36.2 Å². The third-order valence-corrected chi connectivity index (χ3v) is 6.11. The van der Waals surface area contributed by atoms with Crippen LogP contribution in [0.15, 0.2) is 42.5 Å². The van der Waals surface area contributed by atoms with Crippen LogP contribution in [-0.2, 0) is 6.54 Å². The van der Waals surface area contributed by atoms with Gasteiger partial charge in [-0.25, -0.2) is 0 Å². The van der Waals surface area contributed by atoms with E-state index in [1.54, 1.807) is 13.0 Å². The smallest absolute Gasteiger partial charge is 0.256 e. The van der Waals surface area contributed by atoms with Crippen molar-refractivity contribution in [3.8, 4) is 0 Å². The number of rotatable bonds is 4. The Balaban J connectivity index is 1.53. The van der Waals surface area contributed by atoms with Crippen molar-refractivity contribution in [2.24, 2.45) is 0 Å². The molecule has 0 saturated carbocycles. The number of H-pyrrole nitrogens is 1. The lowest BCUT2D eigenvalue weighted by Gasteiger charge is -2.40. The SMILES string of the molecule is CC(=O)c1ccc2[nH]c(C)c(C(=O)N3CCN(Cc4ccc(C)cc4)C[C@H]3C)c2c1. The molecule has 3 aromatic rings. The van der Waals surface area contributed by atoms with Gasteiger partial charge >= 0.3 is 0 Å². The van der Waals surface area contributed by atoms with Crippen molar-refractivity contribution in [2.75, 3.05) is 19.6 Å². The van der Waals surface area contributed by atoms with Gasteiger partial charge in [0.2, 0.25) is 0 Å². The van der Waals surface area contributed by atoms with E-state index >= 15 is 0 Å². The normalized spacial score (nSPS) is 17.5. The zero-order chi connectivity index (χ0) is 21.4. The van der Waals surface area contributed by atoms with Crippen molar-refractivity contribution in [1.29, 1.82) is 0 Å². The lowest BCUT2D eigenvalue weighted by Crippen LogP contribution is -2.53. The van der Waals surface area contributed by atoms with Crippen LogP contribution in [0, 0.1) is 13.8 Å². The maximum Gasteiger partial charge on any atom is 0.256 e. The maximum atomic E-state index is 13.5. The summed E-state index contributed by atoms with van der Waals surface area (Å²) in [6, 6.07) is 14.3. The molecule has 2 aromatic carbocycles.